The fourth-order valence-electron chi connectivity index (χ4n) is 2.80. The van der Waals surface area contributed by atoms with Crippen LogP contribution in [0.15, 0.2) is 53.5 Å². The first-order valence-electron chi connectivity index (χ1n) is 7.78. The minimum atomic E-state index is -0.194. The molecule has 0 saturated carbocycles. The van der Waals surface area contributed by atoms with Crippen molar-refractivity contribution in [2.45, 2.75) is 6.92 Å². The van der Waals surface area contributed by atoms with Gasteiger partial charge in [-0.2, -0.15) is 0 Å². The Morgan fingerprint density at radius 1 is 1.12 bits per heavy atom. The second-order valence-corrected chi connectivity index (χ2v) is 5.75. The molecule has 0 aliphatic heterocycles. The van der Waals surface area contributed by atoms with Crippen molar-refractivity contribution in [1.29, 1.82) is 0 Å². The molecule has 0 fully saturated rings. The number of para-hydroxylation sites is 1. The number of fused-ring (bicyclic) bond motifs is 1. The molecular formula is C18H16N6O. The van der Waals surface area contributed by atoms with E-state index in [1.165, 1.54) is 0 Å². The first-order chi connectivity index (χ1) is 12.1. The van der Waals surface area contributed by atoms with Crippen LogP contribution in [0, 0.1) is 6.92 Å². The zero-order chi connectivity index (χ0) is 17.4. The SMILES string of the molecule is Cc1[nH][nH]c(=O)c1-c1cc(Nc2ccc(N)nc2)c2ccccc2n1. The maximum Gasteiger partial charge on any atom is 0.273 e. The summed E-state index contributed by atoms with van der Waals surface area (Å²) < 4.78 is 0. The van der Waals surface area contributed by atoms with E-state index in [2.05, 4.69) is 25.5 Å². The van der Waals surface area contributed by atoms with E-state index in [0.717, 1.165) is 28.0 Å². The Bertz CT molecular complexity index is 1110. The number of anilines is 3. The van der Waals surface area contributed by atoms with E-state index in [-0.39, 0.29) is 5.56 Å². The Labute approximate surface area is 142 Å². The summed E-state index contributed by atoms with van der Waals surface area (Å²) in [5, 5.41) is 9.72. The van der Waals surface area contributed by atoms with Crippen LogP contribution in [0.2, 0.25) is 0 Å². The number of rotatable bonds is 3. The molecule has 0 atom stereocenters. The lowest BCUT2D eigenvalue weighted by molar-refractivity contribution is 1.02. The monoisotopic (exact) mass is 332 g/mol. The van der Waals surface area contributed by atoms with E-state index < -0.39 is 0 Å². The van der Waals surface area contributed by atoms with Gasteiger partial charge in [-0.25, -0.2) is 9.97 Å². The van der Waals surface area contributed by atoms with Crippen LogP contribution >= 0.6 is 0 Å². The number of hydrogen-bond acceptors (Lipinski definition) is 5. The molecule has 0 aliphatic rings. The lowest BCUT2D eigenvalue weighted by atomic mass is 10.1. The van der Waals surface area contributed by atoms with Crippen LogP contribution < -0.4 is 16.6 Å². The number of aryl methyl sites for hydroxylation is 1. The fourth-order valence-corrected chi connectivity index (χ4v) is 2.80. The fraction of sp³-hybridized carbons (Fsp3) is 0.0556. The van der Waals surface area contributed by atoms with Crippen molar-refractivity contribution < 1.29 is 0 Å². The number of H-pyrrole nitrogens is 2. The van der Waals surface area contributed by atoms with Gasteiger partial charge in [0.2, 0.25) is 0 Å². The molecule has 3 heterocycles. The van der Waals surface area contributed by atoms with E-state index >= 15 is 0 Å². The van der Waals surface area contributed by atoms with E-state index in [4.69, 9.17) is 5.73 Å². The molecular weight excluding hydrogens is 316 g/mol. The lowest BCUT2D eigenvalue weighted by Gasteiger charge is -2.11. The summed E-state index contributed by atoms with van der Waals surface area (Å²) in [7, 11) is 0. The van der Waals surface area contributed by atoms with E-state index in [0.29, 0.717) is 17.1 Å². The second kappa shape index (κ2) is 5.79. The number of aromatic amines is 2. The Morgan fingerprint density at radius 3 is 2.68 bits per heavy atom. The van der Waals surface area contributed by atoms with Crippen molar-refractivity contribution in [3.8, 4) is 11.3 Å². The number of pyridine rings is 2. The van der Waals surface area contributed by atoms with E-state index in [9.17, 15) is 4.79 Å². The molecule has 0 spiro atoms. The van der Waals surface area contributed by atoms with Crippen LogP contribution in [0.3, 0.4) is 0 Å². The number of nitrogen functional groups attached to an aromatic ring is 1. The number of nitrogens with zero attached hydrogens (tertiary/aromatic N) is 2. The van der Waals surface area contributed by atoms with Gasteiger partial charge in [0.15, 0.2) is 0 Å². The molecule has 7 heteroatoms. The van der Waals surface area contributed by atoms with Crippen molar-refractivity contribution in [2.75, 3.05) is 11.1 Å². The molecule has 25 heavy (non-hydrogen) atoms. The maximum absolute atomic E-state index is 12.1. The summed E-state index contributed by atoms with van der Waals surface area (Å²) in [4.78, 5) is 20.8. The molecule has 4 rings (SSSR count). The summed E-state index contributed by atoms with van der Waals surface area (Å²) in [6.45, 7) is 1.83. The van der Waals surface area contributed by atoms with Crippen LogP contribution in [-0.2, 0) is 0 Å². The highest BCUT2D eigenvalue weighted by molar-refractivity contribution is 5.95. The Hall–Kier alpha value is -3.61. The molecule has 5 N–H and O–H groups in total. The van der Waals surface area contributed by atoms with Crippen molar-refractivity contribution in [3.63, 3.8) is 0 Å². The van der Waals surface area contributed by atoms with Crippen LogP contribution in [0.25, 0.3) is 22.2 Å². The first-order valence-corrected chi connectivity index (χ1v) is 7.78. The summed E-state index contributed by atoms with van der Waals surface area (Å²) >= 11 is 0. The van der Waals surface area contributed by atoms with Crippen LogP contribution in [-0.4, -0.2) is 20.2 Å². The second-order valence-electron chi connectivity index (χ2n) is 5.75. The van der Waals surface area contributed by atoms with Crippen molar-refractivity contribution in [1.82, 2.24) is 20.2 Å². The predicted octanol–water partition coefficient (Wildman–Crippen LogP) is 2.95. The van der Waals surface area contributed by atoms with Gasteiger partial charge < -0.3 is 16.1 Å². The number of benzene rings is 1. The summed E-state index contributed by atoms with van der Waals surface area (Å²) in [5.74, 6) is 0.459. The average Bonchev–Trinajstić information content (AvgIpc) is 2.95. The van der Waals surface area contributed by atoms with Gasteiger partial charge in [0, 0.05) is 11.1 Å². The summed E-state index contributed by atoms with van der Waals surface area (Å²) in [6, 6.07) is 13.2. The molecule has 0 unspecified atom stereocenters. The molecule has 3 aromatic heterocycles. The van der Waals surface area contributed by atoms with Crippen LogP contribution in [0.4, 0.5) is 17.2 Å². The van der Waals surface area contributed by atoms with E-state index in [1.54, 1.807) is 12.3 Å². The van der Waals surface area contributed by atoms with Crippen molar-refractivity contribution in [2.24, 2.45) is 0 Å². The minimum Gasteiger partial charge on any atom is -0.384 e. The third-order valence-electron chi connectivity index (χ3n) is 4.00. The van der Waals surface area contributed by atoms with Crippen LogP contribution in [0.1, 0.15) is 5.69 Å². The number of aromatic nitrogens is 4. The molecule has 4 aromatic rings. The normalized spacial score (nSPS) is 10.9. The van der Waals surface area contributed by atoms with Gasteiger partial charge in [0.05, 0.1) is 34.3 Å². The molecule has 7 nitrogen and oxygen atoms in total. The smallest absolute Gasteiger partial charge is 0.273 e. The molecule has 124 valence electrons. The first kappa shape index (κ1) is 14.9. The van der Waals surface area contributed by atoms with Gasteiger partial charge in [0.25, 0.3) is 5.56 Å². The molecule has 0 bridgehead atoms. The molecule has 1 aromatic carbocycles. The molecule has 0 aliphatic carbocycles. The molecule has 0 saturated heterocycles. The van der Waals surface area contributed by atoms with Gasteiger partial charge in [-0.1, -0.05) is 18.2 Å². The highest BCUT2D eigenvalue weighted by Gasteiger charge is 2.14. The van der Waals surface area contributed by atoms with Gasteiger partial charge in [-0.3, -0.25) is 9.89 Å². The Kier molecular flexibility index (Phi) is 3.46. The molecule has 0 radical (unpaired) electrons. The quantitative estimate of drug-likeness (QED) is 0.461. The largest absolute Gasteiger partial charge is 0.384 e. The highest BCUT2D eigenvalue weighted by atomic mass is 16.1. The summed E-state index contributed by atoms with van der Waals surface area (Å²) in [5.41, 5.74) is 9.76. The maximum atomic E-state index is 12.1. The predicted molar refractivity (Wildman–Crippen MR) is 98.8 cm³/mol. The summed E-state index contributed by atoms with van der Waals surface area (Å²) in [6.07, 6.45) is 1.67. The van der Waals surface area contributed by atoms with E-state index in [1.807, 2.05) is 43.3 Å². The number of nitrogens with two attached hydrogens (primary N) is 1. The van der Waals surface area contributed by atoms with Crippen molar-refractivity contribution >= 4 is 28.1 Å². The Morgan fingerprint density at radius 2 is 1.96 bits per heavy atom. The zero-order valence-corrected chi connectivity index (χ0v) is 13.5. The van der Waals surface area contributed by atoms with Gasteiger partial charge in [0.1, 0.15) is 5.82 Å². The van der Waals surface area contributed by atoms with Crippen molar-refractivity contribution in [3.05, 3.63) is 64.7 Å². The minimum absolute atomic E-state index is 0.194. The highest BCUT2D eigenvalue weighted by Crippen LogP contribution is 2.30. The Balaban J connectivity index is 1.90. The van der Waals surface area contributed by atoms with Gasteiger partial charge >= 0.3 is 0 Å². The number of nitrogens with one attached hydrogen (secondary N) is 3. The standard InChI is InChI=1S/C18H16N6O/c1-10-17(18(25)24-23-10)15-8-14(12-4-2-3-5-13(12)22-15)21-11-6-7-16(19)20-9-11/h2-9H,1H3,(H2,19,20)(H,21,22)(H2,23,24,25). The average molecular weight is 332 g/mol. The third kappa shape index (κ3) is 2.72. The molecule has 0 amide bonds. The van der Waals surface area contributed by atoms with Gasteiger partial charge in [-0.15, -0.1) is 0 Å². The van der Waals surface area contributed by atoms with Gasteiger partial charge in [-0.05, 0) is 31.2 Å². The lowest BCUT2D eigenvalue weighted by Crippen LogP contribution is -2.04. The number of hydrogen-bond donors (Lipinski definition) is 4. The third-order valence-corrected chi connectivity index (χ3v) is 4.00. The topological polar surface area (TPSA) is 112 Å². The van der Waals surface area contributed by atoms with Crippen LogP contribution in [0.5, 0.6) is 0 Å². The zero-order valence-electron chi connectivity index (χ0n) is 13.5.